The summed E-state index contributed by atoms with van der Waals surface area (Å²) in [6.45, 7) is 5.57. The molecule has 4 nitrogen and oxygen atoms in total. The molecule has 0 aromatic heterocycles. The summed E-state index contributed by atoms with van der Waals surface area (Å²) in [5.74, 6) is -1.41. The minimum absolute atomic E-state index is 0.0242. The zero-order valence-corrected chi connectivity index (χ0v) is 17.0. The van der Waals surface area contributed by atoms with E-state index < -0.39 is 5.97 Å². The third kappa shape index (κ3) is 4.65. The summed E-state index contributed by atoms with van der Waals surface area (Å²) in [5, 5.41) is 13.2. The van der Waals surface area contributed by atoms with Crippen LogP contribution in [0.4, 0.5) is 10.1 Å². The lowest BCUT2D eigenvalue weighted by atomic mass is 10.0. The van der Waals surface area contributed by atoms with Crippen LogP contribution in [-0.2, 0) is 11.3 Å². The van der Waals surface area contributed by atoms with Crippen LogP contribution < -0.4 is 5.32 Å². The number of nitrogens with zero attached hydrogens (tertiary/aromatic N) is 1. The lowest BCUT2D eigenvalue weighted by Gasteiger charge is -2.22. The number of carbonyl (C=O) groups is 1. The number of nitrogens with one attached hydrogen (secondary N) is 1. The lowest BCUT2D eigenvalue weighted by molar-refractivity contribution is -0.141. The van der Waals surface area contributed by atoms with Crippen LogP contribution in [-0.4, -0.2) is 29.1 Å². The van der Waals surface area contributed by atoms with E-state index in [1.807, 2.05) is 36.1 Å². The van der Waals surface area contributed by atoms with Crippen molar-refractivity contribution in [3.63, 3.8) is 0 Å². The molecule has 0 saturated carbocycles. The normalized spacial score (nSPS) is 18.2. The number of rotatable bonds is 7. The van der Waals surface area contributed by atoms with Crippen LogP contribution in [0, 0.1) is 18.7 Å². The van der Waals surface area contributed by atoms with Gasteiger partial charge in [0.25, 0.3) is 0 Å². The van der Waals surface area contributed by atoms with Crippen LogP contribution in [0.5, 0.6) is 0 Å². The molecular weight excluding hydrogens is 379 g/mol. The number of halogens is 2. The van der Waals surface area contributed by atoms with Gasteiger partial charge in [-0.15, -0.1) is 0 Å². The van der Waals surface area contributed by atoms with E-state index in [1.165, 1.54) is 0 Å². The van der Waals surface area contributed by atoms with Crippen molar-refractivity contribution in [3.8, 4) is 0 Å². The molecule has 2 aromatic rings. The molecule has 28 heavy (non-hydrogen) atoms. The Labute approximate surface area is 170 Å². The Morgan fingerprint density at radius 2 is 2.18 bits per heavy atom. The molecule has 1 heterocycles. The van der Waals surface area contributed by atoms with Crippen molar-refractivity contribution in [2.75, 3.05) is 18.4 Å². The Morgan fingerprint density at radius 1 is 1.39 bits per heavy atom. The van der Waals surface area contributed by atoms with Gasteiger partial charge in [0.05, 0.1) is 17.6 Å². The standard InChI is InChI=1S/C22H26ClFN2O2/c1-3-19(15-7-8-18(23)14(2)11-15)25-20-6-4-5-16(21(20)24)12-26-10-9-17(13-26)22(27)28/h4-8,11,17,19,25H,3,9-10,12-13H2,1-2H3,(H,27,28). The van der Waals surface area contributed by atoms with Crippen molar-refractivity contribution in [3.05, 3.63) is 63.9 Å². The van der Waals surface area contributed by atoms with Crippen molar-refractivity contribution in [1.29, 1.82) is 0 Å². The highest BCUT2D eigenvalue weighted by molar-refractivity contribution is 6.31. The average Bonchev–Trinajstić information content (AvgIpc) is 3.14. The van der Waals surface area contributed by atoms with Gasteiger partial charge < -0.3 is 10.4 Å². The number of anilines is 1. The maximum absolute atomic E-state index is 15.1. The lowest BCUT2D eigenvalue weighted by Crippen LogP contribution is -2.23. The maximum Gasteiger partial charge on any atom is 0.307 e. The number of hydrogen-bond donors (Lipinski definition) is 2. The maximum atomic E-state index is 15.1. The second kappa shape index (κ2) is 8.93. The molecule has 0 aliphatic carbocycles. The number of likely N-dealkylation sites (tertiary alicyclic amines) is 1. The van der Waals surface area contributed by atoms with Crippen LogP contribution in [0.15, 0.2) is 36.4 Å². The van der Waals surface area contributed by atoms with Crippen molar-refractivity contribution in [2.24, 2.45) is 5.92 Å². The molecule has 3 rings (SSSR count). The molecule has 0 spiro atoms. The number of carboxylic acids is 1. The quantitative estimate of drug-likeness (QED) is 0.661. The van der Waals surface area contributed by atoms with E-state index in [2.05, 4.69) is 12.2 Å². The molecule has 2 aromatic carbocycles. The smallest absolute Gasteiger partial charge is 0.307 e. The summed E-state index contributed by atoms with van der Waals surface area (Å²) in [5.41, 5.74) is 3.11. The fourth-order valence-electron chi connectivity index (χ4n) is 3.73. The molecule has 1 aliphatic heterocycles. The van der Waals surface area contributed by atoms with Crippen LogP contribution in [0.2, 0.25) is 5.02 Å². The minimum Gasteiger partial charge on any atom is -0.481 e. The monoisotopic (exact) mass is 404 g/mol. The highest BCUT2D eigenvalue weighted by Crippen LogP contribution is 2.29. The minimum atomic E-state index is -0.776. The van der Waals surface area contributed by atoms with E-state index in [0.717, 1.165) is 22.6 Å². The molecule has 0 amide bonds. The highest BCUT2D eigenvalue weighted by atomic mass is 35.5. The van der Waals surface area contributed by atoms with E-state index in [-0.39, 0.29) is 17.8 Å². The summed E-state index contributed by atoms with van der Waals surface area (Å²) in [6, 6.07) is 11.2. The first-order chi connectivity index (χ1) is 13.4. The van der Waals surface area contributed by atoms with E-state index in [1.54, 1.807) is 12.1 Å². The number of benzene rings is 2. The fourth-order valence-corrected chi connectivity index (χ4v) is 3.84. The van der Waals surface area contributed by atoms with Crippen molar-refractivity contribution >= 4 is 23.3 Å². The Hall–Kier alpha value is -2.11. The van der Waals surface area contributed by atoms with Crippen LogP contribution in [0.3, 0.4) is 0 Å². The summed E-state index contributed by atoms with van der Waals surface area (Å²) < 4.78 is 15.1. The zero-order valence-electron chi connectivity index (χ0n) is 16.2. The van der Waals surface area contributed by atoms with Gasteiger partial charge in [-0.3, -0.25) is 9.69 Å². The van der Waals surface area contributed by atoms with Gasteiger partial charge in [-0.25, -0.2) is 4.39 Å². The SMILES string of the molecule is CCC(Nc1cccc(CN2CCC(C(=O)O)C2)c1F)c1ccc(Cl)c(C)c1. The molecule has 6 heteroatoms. The Balaban J connectivity index is 1.74. The molecule has 150 valence electrons. The van der Waals surface area contributed by atoms with Gasteiger partial charge in [-0.2, -0.15) is 0 Å². The molecule has 2 N–H and O–H groups in total. The molecule has 2 unspecified atom stereocenters. The molecule has 2 atom stereocenters. The van der Waals surface area contributed by atoms with E-state index in [9.17, 15) is 4.79 Å². The Bertz CT molecular complexity index is 858. The molecule has 1 fully saturated rings. The van der Waals surface area contributed by atoms with Gasteiger partial charge in [0.1, 0.15) is 0 Å². The van der Waals surface area contributed by atoms with E-state index in [4.69, 9.17) is 16.7 Å². The first-order valence-corrected chi connectivity index (χ1v) is 10.0. The third-order valence-corrected chi connectivity index (χ3v) is 5.84. The third-order valence-electron chi connectivity index (χ3n) is 5.42. The van der Waals surface area contributed by atoms with Crippen molar-refractivity contribution in [1.82, 2.24) is 4.90 Å². The average molecular weight is 405 g/mol. The summed E-state index contributed by atoms with van der Waals surface area (Å²) in [4.78, 5) is 13.1. The van der Waals surface area contributed by atoms with Gasteiger partial charge in [-0.1, -0.05) is 42.8 Å². The summed E-state index contributed by atoms with van der Waals surface area (Å²) >= 11 is 6.12. The summed E-state index contributed by atoms with van der Waals surface area (Å²) in [6.07, 6.45) is 1.42. The number of carboxylic acid groups (broad SMARTS) is 1. The fraction of sp³-hybridized carbons (Fsp3) is 0.409. The van der Waals surface area contributed by atoms with Crippen LogP contribution in [0.1, 0.15) is 42.5 Å². The molecule has 0 bridgehead atoms. The van der Waals surface area contributed by atoms with Crippen LogP contribution in [0.25, 0.3) is 0 Å². The van der Waals surface area contributed by atoms with Crippen molar-refractivity contribution in [2.45, 2.75) is 39.3 Å². The molecular formula is C22H26ClFN2O2. The number of hydrogen-bond acceptors (Lipinski definition) is 3. The molecule has 0 radical (unpaired) electrons. The Morgan fingerprint density at radius 3 is 2.82 bits per heavy atom. The Kier molecular flexibility index (Phi) is 6.57. The van der Waals surface area contributed by atoms with E-state index >= 15 is 4.39 Å². The first kappa shape index (κ1) is 20.6. The van der Waals surface area contributed by atoms with Crippen LogP contribution >= 0.6 is 11.6 Å². The van der Waals surface area contributed by atoms with Gasteiger partial charge >= 0.3 is 5.97 Å². The largest absolute Gasteiger partial charge is 0.481 e. The highest BCUT2D eigenvalue weighted by Gasteiger charge is 2.28. The second-order valence-electron chi connectivity index (χ2n) is 7.45. The second-order valence-corrected chi connectivity index (χ2v) is 7.86. The van der Waals surface area contributed by atoms with Gasteiger partial charge in [0.2, 0.25) is 0 Å². The predicted octanol–water partition coefficient (Wildman–Crippen LogP) is 5.26. The first-order valence-electron chi connectivity index (χ1n) is 9.64. The summed E-state index contributed by atoms with van der Waals surface area (Å²) in [7, 11) is 0. The number of aliphatic carboxylic acids is 1. The molecule has 1 saturated heterocycles. The molecule has 1 aliphatic rings. The van der Waals surface area contributed by atoms with Crippen molar-refractivity contribution < 1.29 is 14.3 Å². The predicted molar refractivity (Wildman–Crippen MR) is 110 cm³/mol. The number of aryl methyl sites for hydroxylation is 1. The topological polar surface area (TPSA) is 52.6 Å². The van der Waals surface area contributed by atoms with Gasteiger partial charge in [0, 0.05) is 23.7 Å². The zero-order chi connectivity index (χ0) is 20.3. The van der Waals surface area contributed by atoms with Gasteiger partial charge in [0.15, 0.2) is 5.82 Å². The van der Waals surface area contributed by atoms with E-state index in [0.29, 0.717) is 37.3 Å². The van der Waals surface area contributed by atoms with Gasteiger partial charge in [-0.05, 0) is 49.6 Å².